The Kier molecular flexibility index (Phi) is 3.55. The van der Waals surface area contributed by atoms with E-state index in [2.05, 4.69) is 10.2 Å². The molecule has 0 atom stereocenters. The third-order valence-corrected chi connectivity index (χ3v) is 3.08. The van der Waals surface area contributed by atoms with Gasteiger partial charge in [-0.1, -0.05) is 0 Å². The molecule has 0 radical (unpaired) electrons. The molecule has 5 nitrogen and oxygen atoms in total. The van der Waals surface area contributed by atoms with E-state index in [1.807, 2.05) is 32.0 Å². The topological polar surface area (TPSA) is 70.3 Å². The van der Waals surface area contributed by atoms with Crippen molar-refractivity contribution in [2.45, 2.75) is 13.8 Å². The number of hydrogen-bond acceptors (Lipinski definition) is 5. The van der Waals surface area contributed by atoms with Crippen LogP contribution in [0, 0.1) is 13.8 Å². The Balaban J connectivity index is 2.61. The van der Waals surface area contributed by atoms with Crippen LogP contribution in [0.4, 0.5) is 5.82 Å². The van der Waals surface area contributed by atoms with E-state index in [-0.39, 0.29) is 0 Å². The molecule has 0 unspecified atom stereocenters. The molecule has 2 N–H and O–H groups in total. The molecule has 0 aliphatic carbocycles. The van der Waals surface area contributed by atoms with Gasteiger partial charge in [-0.3, -0.25) is 0 Å². The van der Waals surface area contributed by atoms with Crippen molar-refractivity contribution in [3.8, 4) is 22.8 Å². The molecule has 100 valence electrons. The number of anilines is 1. The minimum Gasteiger partial charge on any atom is -0.496 e. The highest BCUT2D eigenvalue weighted by Gasteiger charge is 2.14. The van der Waals surface area contributed by atoms with E-state index in [0.29, 0.717) is 5.82 Å². The zero-order valence-electron chi connectivity index (χ0n) is 11.5. The first-order valence-electron chi connectivity index (χ1n) is 5.90. The fourth-order valence-electron chi connectivity index (χ4n) is 1.99. The Bertz CT molecular complexity index is 612. The van der Waals surface area contributed by atoms with Gasteiger partial charge in [0.1, 0.15) is 17.3 Å². The van der Waals surface area contributed by atoms with Crippen LogP contribution in [0.15, 0.2) is 18.2 Å². The second kappa shape index (κ2) is 5.14. The first-order valence-corrected chi connectivity index (χ1v) is 5.90. The van der Waals surface area contributed by atoms with Gasteiger partial charge in [0.05, 0.1) is 19.9 Å². The van der Waals surface area contributed by atoms with Crippen molar-refractivity contribution < 1.29 is 9.47 Å². The highest BCUT2D eigenvalue weighted by atomic mass is 16.5. The smallest absolute Gasteiger partial charge is 0.149 e. The van der Waals surface area contributed by atoms with Crippen molar-refractivity contribution >= 4 is 5.82 Å². The lowest BCUT2D eigenvalue weighted by atomic mass is 10.0. The summed E-state index contributed by atoms with van der Waals surface area (Å²) in [5.41, 5.74) is 9.11. The van der Waals surface area contributed by atoms with Gasteiger partial charge in [0.2, 0.25) is 0 Å². The molecule has 0 aliphatic heterocycles. The minimum absolute atomic E-state index is 0.438. The summed E-state index contributed by atoms with van der Waals surface area (Å²) >= 11 is 0. The lowest BCUT2D eigenvalue weighted by Gasteiger charge is -2.14. The van der Waals surface area contributed by atoms with Crippen LogP contribution in [0.25, 0.3) is 11.3 Å². The van der Waals surface area contributed by atoms with Crippen molar-refractivity contribution in [2.24, 2.45) is 0 Å². The van der Waals surface area contributed by atoms with Crippen LogP contribution in [0.1, 0.15) is 11.1 Å². The maximum absolute atomic E-state index is 5.69. The van der Waals surface area contributed by atoms with E-state index in [1.54, 1.807) is 14.2 Å². The number of hydrogen-bond donors (Lipinski definition) is 1. The van der Waals surface area contributed by atoms with Gasteiger partial charge in [-0.05, 0) is 37.6 Å². The average Bonchev–Trinajstić information content (AvgIpc) is 2.41. The predicted molar refractivity (Wildman–Crippen MR) is 74.5 cm³/mol. The van der Waals surface area contributed by atoms with Gasteiger partial charge in [-0.2, -0.15) is 0 Å². The molecule has 0 saturated heterocycles. The summed E-state index contributed by atoms with van der Waals surface area (Å²) in [6.45, 7) is 3.84. The number of benzene rings is 1. The molecule has 0 fully saturated rings. The molecule has 1 heterocycles. The molecule has 5 heteroatoms. The second-order valence-corrected chi connectivity index (χ2v) is 4.27. The summed E-state index contributed by atoms with van der Waals surface area (Å²) in [5, 5.41) is 8.06. The minimum atomic E-state index is 0.438. The number of ether oxygens (including phenoxy) is 2. The monoisotopic (exact) mass is 259 g/mol. The van der Waals surface area contributed by atoms with Crippen molar-refractivity contribution in [1.82, 2.24) is 10.2 Å². The van der Waals surface area contributed by atoms with Gasteiger partial charge < -0.3 is 15.2 Å². The Morgan fingerprint density at radius 2 is 1.79 bits per heavy atom. The molecular formula is C14H17N3O2. The van der Waals surface area contributed by atoms with Crippen LogP contribution >= 0.6 is 0 Å². The summed E-state index contributed by atoms with van der Waals surface area (Å²) in [4.78, 5) is 0. The molecule has 2 rings (SSSR count). The molecule has 0 aliphatic rings. The van der Waals surface area contributed by atoms with Crippen molar-refractivity contribution in [3.05, 3.63) is 29.3 Å². The van der Waals surface area contributed by atoms with Gasteiger partial charge >= 0.3 is 0 Å². The van der Waals surface area contributed by atoms with Crippen LogP contribution in [-0.4, -0.2) is 24.4 Å². The molecule has 1 aromatic carbocycles. The third kappa shape index (κ3) is 2.31. The number of nitrogens with zero attached hydrogens (tertiary/aromatic N) is 2. The zero-order chi connectivity index (χ0) is 14.0. The first-order chi connectivity index (χ1) is 9.08. The molecule has 0 spiro atoms. The number of aromatic nitrogens is 2. The molecule has 1 aromatic heterocycles. The third-order valence-electron chi connectivity index (χ3n) is 3.08. The Hall–Kier alpha value is -2.30. The summed E-state index contributed by atoms with van der Waals surface area (Å²) in [7, 11) is 3.26. The Morgan fingerprint density at radius 3 is 2.37 bits per heavy atom. The maximum Gasteiger partial charge on any atom is 0.149 e. The fraction of sp³-hybridized carbons (Fsp3) is 0.286. The molecule has 0 saturated carbocycles. The average molecular weight is 259 g/mol. The largest absolute Gasteiger partial charge is 0.496 e. The van der Waals surface area contributed by atoms with E-state index < -0.39 is 0 Å². The number of aryl methyl sites for hydroxylation is 1. The highest BCUT2D eigenvalue weighted by molar-refractivity contribution is 5.72. The fourth-order valence-corrected chi connectivity index (χ4v) is 1.99. The zero-order valence-corrected chi connectivity index (χ0v) is 11.5. The van der Waals surface area contributed by atoms with Gasteiger partial charge in [-0.15, -0.1) is 10.2 Å². The lowest BCUT2D eigenvalue weighted by Crippen LogP contribution is -2.00. The predicted octanol–water partition coefficient (Wildman–Crippen LogP) is 2.36. The van der Waals surface area contributed by atoms with Gasteiger partial charge in [0.15, 0.2) is 0 Å². The van der Waals surface area contributed by atoms with Crippen molar-refractivity contribution in [1.29, 1.82) is 0 Å². The first kappa shape index (κ1) is 13.1. The quantitative estimate of drug-likeness (QED) is 0.916. The maximum atomic E-state index is 5.69. The highest BCUT2D eigenvalue weighted by Crippen LogP contribution is 2.37. The van der Waals surface area contributed by atoms with Gasteiger partial charge in [-0.25, -0.2) is 0 Å². The molecule has 19 heavy (non-hydrogen) atoms. The van der Waals surface area contributed by atoms with E-state index in [1.165, 1.54) is 0 Å². The Labute approximate surface area is 112 Å². The van der Waals surface area contributed by atoms with E-state index in [4.69, 9.17) is 15.2 Å². The lowest BCUT2D eigenvalue weighted by molar-refractivity contribution is 0.390. The summed E-state index contributed by atoms with van der Waals surface area (Å²) in [6, 6.07) is 5.69. The number of methoxy groups -OCH3 is 2. The van der Waals surface area contributed by atoms with Crippen LogP contribution in [0.5, 0.6) is 11.5 Å². The Morgan fingerprint density at radius 1 is 1.05 bits per heavy atom. The van der Waals surface area contributed by atoms with Gasteiger partial charge in [0.25, 0.3) is 0 Å². The summed E-state index contributed by atoms with van der Waals surface area (Å²) in [6.07, 6.45) is 0. The molecule has 0 amide bonds. The van der Waals surface area contributed by atoms with Crippen LogP contribution in [-0.2, 0) is 0 Å². The SMILES string of the molecule is COc1ccc(-c2cc(C)c(N)nn2)c(OC)c1C. The summed E-state index contributed by atoms with van der Waals surface area (Å²) < 4.78 is 10.7. The van der Waals surface area contributed by atoms with Crippen LogP contribution < -0.4 is 15.2 Å². The van der Waals surface area contributed by atoms with E-state index in [0.717, 1.165) is 33.9 Å². The van der Waals surface area contributed by atoms with E-state index in [9.17, 15) is 0 Å². The molecular weight excluding hydrogens is 242 g/mol. The second-order valence-electron chi connectivity index (χ2n) is 4.27. The molecule has 0 bridgehead atoms. The van der Waals surface area contributed by atoms with Crippen LogP contribution in [0.3, 0.4) is 0 Å². The van der Waals surface area contributed by atoms with Gasteiger partial charge in [0, 0.05) is 11.1 Å². The van der Waals surface area contributed by atoms with Crippen LogP contribution in [0.2, 0.25) is 0 Å². The normalized spacial score (nSPS) is 10.3. The number of rotatable bonds is 3. The standard InChI is InChI=1S/C14H17N3O2/c1-8-7-11(16-17-14(8)15)10-5-6-12(18-3)9(2)13(10)19-4/h5-7H,1-4H3,(H2,15,17). The van der Waals surface area contributed by atoms with Crippen molar-refractivity contribution in [2.75, 3.05) is 20.0 Å². The van der Waals surface area contributed by atoms with E-state index >= 15 is 0 Å². The number of nitrogens with two attached hydrogens (primary N) is 1. The summed E-state index contributed by atoms with van der Waals surface area (Å²) in [5.74, 6) is 1.95. The number of nitrogen functional groups attached to an aromatic ring is 1. The van der Waals surface area contributed by atoms with Crippen molar-refractivity contribution in [3.63, 3.8) is 0 Å². The molecule has 2 aromatic rings.